The van der Waals surface area contributed by atoms with Gasteiger partial charge in [-0.25, -0.2) is 9.59 Å². The molecule has 32 heavy (non-hydrogen) atoms. The summed E-state index contributed by atoms with van der Waals surface area (Å²) in [5, 5.41) is 8.25. The number of nitrogens with one attached hydrogen (secondary N) is 3. The molecule has 3 N–H and O–H groups in total. The first-order valence-corrected chi connectivity index (χ1v) is 11.7. The Labute approximate surface area is 186 Å². The second-order valence-electron chi connectivity index (χ2n) is 10.6. The topological polar surface area (TPSA) is 108 Å². The van der Waals surface area contributed by atoms with Crippen LogP contribution >= 0.6 is 0 Å². The number of amides is 6. The maximum absolute atomic E-state index is 13.2. The molecule has 1 atom stereocenters. The second kappa shape index (κ2) is 6.80. The molecule has 8 nitrogen and oxygen atoms in total. The standard InChI is InChI=1S/C24H28N4O4/c29-19(25-21(31)26-23-10-14-7-15(11-23)9-16(8-14)12-23)13-28-20(30)24(27-22(28)32)6-5-17-3-1-2-4-18(17)24/h1-4,14-16H,5-13H2,(H,27,32)(H2,25,26,29,31). The molecule has 5 aliphatic carbocycles. The molecule has 4 bridgehead atoms. The smallest absolute Gasteiger partial charge is 0.325 e. The van der Waals surface area contributed by atoms with Gasteiger partial charge in [0.1, 0.15) is 12.1 Å². The number of hydrogen-bond acceptors (Lipinski definition) is 4. The molecule has 1 aliphatic heterocycles. The Bertz CT molecular complexity index is 1000. The van der Waals surface area contributed by atoms with E-state index in [4.69, 9.17) is 0 Å². The number of carbonyl (C=O) groups is 4. The van der Waals surface area contributed by atoms with Crippen LogP contribution in [-0.2, 0) is 21.5 Å². The van der Waals surface area contributed by atoms with Gasteiger partial charge >= 0.3 is 12.1 Å². The average Bonchev–Trinajstić information content (AvgIpc) is 3.20. The molecule has 1 spiro atoms. The number of benzene rings is 1. The van der Waals surface area contributed by atoms with Crippen molar-refractivity contribution in [3.05, 3.63) is 35.4 Å². The summed E-state index contributed by atoms with van der Waals surface area (Å²) in [4.78, 5) is 51.9. The van der Waals surface area contributed by atoms with Crippen LogP contribution in [0.25, 0.3) is 0 Å². The van der Waals surface area contributed by atoms with Crippen LogP contribution < -0.4 is 16.0 Å². The van der Waals surface area contributed by atoms with Gasteiger partial charge in [-0.15, -0.1) is 0 Å². The fourth-order valence-corrected chi connectivity index (χ4v) is 7.58. The van der Waals surface area contributed by atoms with Crippen LogP contribution in [0.5, 0.6) is 0 Å². The third-order valence-electron chi connectivity index (χ3n) is 8.39. The fourth-order valence-electron chi connectivity index (χ4n) is 7.58. The number of fused-ring (bicyclic) bond motifs is 2. The molecule has 5 fully saturated rings. The van der Waals surface area contributed by atoms with Crippen molar-refractivity contribution in [3.8, 4) is 0 Å². The minimum Gasteiger partial charge on any atom is -0.332 e. The Morgan fingerprint density at radius 3 is 2.38 bits per heavy atom. The summed E-state index contributed by atoms with van der Waals surface area (Å²) >= 11 is 0. The third-order valence-corrected chi connectivity index (χ3v) is 8.39. The molecule has 6 aliphatic rings. The molecule has 1 saturated heterocycles. The van der Waals surface area contributed by atoms with Gasteiger partial charge in [-0.3, -0.25) is 19.8 Å². The Hall–Kier alpha value is -2.90. The first-order chi connectivity index (χ1) is 15.4. The molecule has 1 unspecified atom stereocenters. The molecule has 168 valence electrons. The quantitative estimate of drug-likeness (QED) is 0.631. The average molecular weight is 437 g/mol. The van der Waals surface area contributed by atoms with Crippen molar-refractivity contribution in [1.29, 1.82) is 0 Å². The minimum absolute atomic E-state index is 0.211. The van der Waals surface area contributed by atoms with Crippen molar-refractivity contribution in [2.45, 2.75) is 62.4 Å². The predicted molar refractivity (Wildman–Crippen MR) is 114 cm³/mol. The zero-order valence-electron chi connectivity index (χ0n) is 18.0. The van der Waals surface area contributed by atoms with Crippen LogP contribution in [-0.4, -0.2) is 40.9 Å². The molecule has 1 aromatic carbocycles. The molecule has 1 aromatic rings. The van der Waals surface area contributed by atoms with E-state index in [1.54, 1.807) is 0 Å². The first-order valence-electron chi connectivity index (χ1n) is 11.7. The van der Waals surface area contributed by atoms with Crippen LogP contribution in [0.2, 0.25) is 0 Å². The van der Waals surface area contributed by atoms with Gasteiger partial charge in [0.2, 0.25) is 5.91 Å². The van der Waals surface area contributed by atoms with E-state index in [1.165, 1.54) is 19.3 Å². The zero-order chi connectivity index (χ0) is 22.1. The van der Waals surface area contributed by atoms with Gasteiger partial charge in [-0.2, -0.15) is 0 Å². The highest BCUT2D eigenvalue weighted by molar-refractivity contribution is 6.10. The predicted octanol–water partition coefficient (Wildman–Crippen LogP) is 2.17. The molecular weight excluding hydrogens is 408 g/mol. The maximum atomic E-state index is 13.2. The fraction of sp³-hybridized carbons (Fsp3) is 0.583. The molecule has 1 heterocycles. The van der Waals surface area contributed by atoms with Gasteiger partial charge in [0.05, 0.1) is 0 Å². The van der Waals surface area contributed by atoms with Crippen LogP contribution in [0.3, 0.4) is 0 Å². The number of nitrogens with zero attached hydrogens (tertiary/aromatic N) is 1. The zero-order valence-corrected chi connectivity index (χ0v) is 18.0. The highest BCUT2D eigenvalue weighted by Crippen LogP contribution is 2.55. The highest BCUT2D eigenvalue weighted by Gasteiger charge is 2.56. The van der Waals surface area contributed by atoms with E-state index in [0.717, 1.165) is 35.3 Å². The van der Waals surface area contributed by atoms with E-state index >= 15 is 0 Å². The number of urea groups is 2. The maximum Gasteiger partial charge on any atom is 0.325 e. The molecule has 0 aromatic heterocycles. The van der Waals surface area contributed by atoms with Crippen molar-refractivity contribution in [3.63, 3.8) is 0 Å². The molecule has 4 saturated carbocycles. The van der Waals surface area contributed by atoms with Crippen molar-refractivity contribution in [2.24, 2.45) is 17.8 Å². The lowest BCUT2D eigenvalue weighted by atomic mass is 9.53. The Morgan fingerprint density at radius 1 is 1.03 bits per heavy atom. The third kappa shape index (κ3) is 2.95. The first kappa shape index (κ1) is 19.8. The van der Waals surface area contributed by atoms with Crippen molar-refractivity contribution in [2.75, 3.05) is 6.54 Å². The van der Waals surface area contributed by atoms with E-state index in [9.17, 15) is 19.2 Å². The van der Waals surface area contributed by atoms with E-state index < -0.39 is 36.0 Å². The molecule has 0 radical (unpaired) electrons. The van der Waals surface area contributed by atoms with Gasteiger partial charge < -0.3 is 10.6 Å². The summed E-state index contributed by atoms with van der Waals surface area (Å²) in [5.41, 5.74) is 0.510. The summed E-state index contributed by atoms with van der Waals surface area (Å²) in [5.74, 6) is 0.944. The number of imide groups is 2. The van der Waals surface area contributed by atoms with E-state index in [1.807, 2.05) is 24.3 Å². The van der Waals surface area contributed by atoms with E-state index in [0.29, 0.717) is 30.6 Å². The van der Waals surface area contributed by atoms with Crippen molar-refractivity contribution in [1.82, 2.24) is 20.9 Å². The van der Waals surface area contributed by atoms with Gasteiger partial charge in [-0.1, -0.05) is 24.3 Å². The van der Waals surface area contributed by atoms with Crippen LogP contribution in [0.1, 0.15) is 56.1 Å². The van der Waals surface area contributed by atoms with Crippen molar-refractivity contribution < 1.29 is 19.2 Å². The summed E-state index contributed by atoms with van der Waals surface area (Å²) < 4.78 is 0. The molecule has 6 amide bonds. The largest absolute Gasteiger partial charge is 0.332 e. The SMILES string of the molecule is O=C(CN1C(=O)NC2(CCc3ccccc32)C1=O)NC(=O)NC12CC3CC(CC(C3)C1)C2. The molecular formula is C24H28N4O4. The number of rotatable bonds is 3. The second-order valence-corrected chi connectivity index (χ2v) is 10.6. The highest BCUT2D eigenvalue weighted by atomic mass is 16.2. The van der Waals surface area contributed by atoms with Gasteiger partial charge in [0.15, 0.2) is 0 Å². The van der Waals surface area contributed by atoms with Gasteiger partial charge in [0, 0.05) is 5.54 Å². The summed E-state index contributed by atoms with van der Waals surface area (Å²) in [6, 6.07) is 6.44. The lowest BCUT2D eigenvalue weighted by molar-refractivity contribution is -0.135. The van der Waals surface area contributed by atoms with Crippen LogP contribution in [0.4, 0.5) is 9.59 Å². The van der Waals surface area contributed by atoms with Crippen LogP contribution in [0.15, 0.2) is 24.3 Å². The lowest BCUT2D eigenvalue weighted by Gasteiger charge is -2.56. The van der Waals surface area contributed by atoms with E-state index in [-0.39, 0.29) is 5.54 Å². The van der Waals surface area contributed by atoms with Crippen molar-refractivity contribution >= 4 is 23.9 Å². The number of hydrogen-bond donors (Lipinski definition) is 3. The van der Waals surface area contributed by atoms with Gasteiger partial charge in [-0.05, 0) is 80.2 Å². The number of carbonyl (C=O) groups excluding carboxylic acids is 4. The summed E-state index contributed by atoms with van der Waals surface area (Å²) in [6.07, 6.45) is 7.90. The Kier molecular flexibility index (Phi) is 4.20. The minimum atomic E-state index is -1.10. The van der Waals surface area contributed by atoms with E-state index in [2.05, 4.69) is 16.0 Å². The number of aryl methyl sites for hydroxylation is 1. The normalized spacial score (nSPS) is 36.4. The Morgan fingerprint density at radius 2 is 1.69 bits per heavy atom. The van der Waals surface area contributed by atoms with Crippen LogP contribution in [0, 0.1) is 17.8 Å². The lowest BCUT2D eigenvalue weighted by Crippen LogP contribution is -2.62. The monoisotopic (exact) mass is 436 g/mol. The summed E-state index contributed by atoms with van der Waals surface area (Å²) in [7, 11) is 0. The summed E-state index contributed by atoms with van der Waals surface area (Å²) in [6.45, 7) is -0.469. The van der Waals surface area contributed by atoms with Gasteiger partial charge in [0.25, 0.3) is 5.91 Å². The Balaban J connectivity index is 1.10. The molecule has 8 heteroatoms. The molecule has 7 rings (SSSR count).